The van der Waals surface area contributed by atoms with Gasteiger partial charge < -0.3 is 10.2 Å². The van der Waals surface area contributed by atoms with E-state index in [0.29, 0.717) is 22.6 Å². The Morgan fingerprint density at radius 1 is 1.27 bits per heavy atom. The standard InChI is InChI=1S/C17H18FN3O/c1-12-6-7-13(11-15(12)18)20-17(22)14-5-4-8-19-16(14)21-9-2-3-10-21/h4-8,11H,2-3,9-10H2,1H3,(H,20,22). The molecule has 0 aliphatic carbocycles. The van der Waals surface area contributed by atoms with Crippen LogP contribution in [-0.2, 0) is 0 Å². The zero-order valence-electron chi connectivity index (χ0n) is 12.5. The molecule has 1 amide bonds. The van der Waals surface area contributed by atoms with Crippen LogP contribution in [0.4, 0.5) is 15.9 Å². The fraction of sp³-hybridized carbons (Fsp3) is 0.294. The quantitative estimate of drug-likeness (QED) is 0.945. The van der Waals surface area contributed by atoms with Crippen molar-refractivity contribution >= 4 is 17.4 Å². The van der Waals surface area contributed by atoms with Gasteiger partial charge in [0.05, 0.1) is 5.56 Å². The lowest BCUT2D eigenvalue weighted by molar-refractivity contribution is 0.102. The SMILES string of the molecule is Cc1ccc(NC(=O)c2cccnc2N2CCCC2)cc1F. The van der Waals surface area contributed by atoms with Crippen LogP contribution < -0.4 is 10.2 Å². The molecule has 1 aliphatic rings. The molecule has 5 heteroatoms. The van der Waals surface area contributed by atoms with Crippen LogP contribution in [-0.4, -0.2) is 24.0 Å². The number of nitrogens with zero attached hydrogens (tertiary/aromatic N) is 2. The maximum Gasteiger partial charge on any atom is 0.259 e. The van der Waals surface area contributed by atoms with Gasteiger partial charge in [0.25, 0.3) is 5.91 Å². The normalized spacial score (nSPS) is 14.2. The lowest BCUT2D eigenvalue weighted by Gasteiger charge is -2.19. The summed E-state index contributed by atoms with van der Waals surface area (Å²) in [6.45, 7) is 3.51. The summed E-state index contributed by atoms with van der Waals surface area (Å²) in [4.78, 5) is 18.9. The predicted molar refractivity (Wildman–Crippen MR) is 84.8 cm³/mol. The molecule has 2 heterocycles. The van der Waals surface area contributed by atoms with E-state index in [2.05, 4.69) is 15.2 Å². The van der Waals surface area contributed by atoms with Crippen LogP contribution in [0.3, 0.4) is 0 Å². The molecule has 1 aromatic heterocycles. The summed E-state index contributed by atoms with van der Waals surface area (Å²) < 4.78 is 13.6. The Hall–Kier alpha value is -2.43. The Balaban J connectivity index is 1.84. The third-order valence-electron chi connectivity index (χ3n) is 3.87. The van der Waals surface area contributed by atoms with Crippen LogP contribution in [0.25, 0.3) is 0 Å². The van der Waals surface area contributed by atoms with Crippen LogP contribution >= 0.6 is 0 Å². The lowest BCUT2D eigenvalue weighted by Crippen LogP contribution is -2.24. The van der Waals surface area contributed by atoms with Crippen LogP contribution in [0.2, 0.25) is 0 Å². The number of benzene rings is 1. The second kappa shape index (κ2) is 6.13. The first-order chi connectivity index (χ1) is 10.6. The lowest BCUT2D eigenvalue weighted by atomic mass is 10.2. The summed E-state index contributed by atoms with van der Waals surface area (Å²) >= 11 is 0. The largest absolute Gasteiger partial charge is 0.356 e. The number of anilines is 2. The maximum absolute atomic E-state index is 13.6. The average molecular weight is 299 g/mol. The highest BCUT2D eigenvalue weighted by Gasteiger charge is 2.20. The smallest absolute Gasteiger partial charge is 0.259 e. The van der Waals surface area contributed by atoms with Gasteiger partial charge in [-0.25, -0.2) is 9.37 Å². The fourth-order valence-corrected chi connectivity index (χ4v) is 2.62. The number of carbonyl (C=O) groups excluding carboxylic acids is 1. The van der Waals surface area contributed by atoms with E-state index in [9.17, 15) is 9.18 Å². The Morgan fingerprint density at radius 3 is 2.77 bits per heavy atom. The Labute approximate surface area is 129 Å². The third kappa shape index (κ3) is 2.93. The average Bonchev–Trinajstić information content (AvgIpc) is 3.05. The molecule has 4 nitrogen and oxygen atoms in total. The van der Waals surface area contributed by atoms with E-state index in [1.54, 1.807) is 37.4 Å². The molecule has 1 N–H and O–H groups in total. The molecule has 1 aliphatic heterocycles. The Bertz CT molecular complexity index is 696. The van der Waals surface area contributed by atoms with E-state index in [4.69, 9.17) is 0 Å². The maximum atomic E-state index is 13.6. The molecule has 0 unspecified atom stereocenters. The Kier molecular flexibility index (Phi) is 4.04. The zero-order chi connectivity index (χ0) is 15.5. The van der Waals surface area contributed by atoms with Crippen molar-refractivity contribution < 1.29 is 9.18 Å². The molecule has 0 bridgehead atoms. The number of pyridine rings is 1. The second-order valence-electron chi connectivity index (χ2n) is 5.49. The minimum atomic E-state index is -0.330. The van der Waals surface area contributed by atoms with Crippen molar-refractivity contribution in [3.63, 3.8) is 0 Å². The van der Waals surface area contributed by atoms with Crippen molar-refractivity contribution in [1.29, 1.82) is 0 Å². The molecular weight excluding hydrogens is 281 g/mol. The first kappa shape index (κ1) is 14.5. The van der Waals surface area contributed by atoms with Gasteiger partial charge >= 0.3 is 0 Å². The van der Waals surface area contributed by atoms with Crippen molar-refractivity contribution in [2.45, 2.75) is 19.8 Å². The summed E-state index contributed by atoms with van der Waals surface area (Å²) in [5, 5.41) is 2.74. The Morgan fingerprint density at radius 2 is 2.05 bits per heavy atom. The summed E-state index contributed by atoms with van der Waals surface area (Å²) in [6.07, 6.45) is 3.91. The highest BCUT2D eigenvalue weighted by atomic mass is 19.1. The minimum Gasteiger partial charge on any atom is -0.356 e. The number of amides is 1. The second-order valence-corrected chi connectivity index (χ2v) is 5.49. The number of hydrogen-bond acceptors (Lipinski definition) is 3. The van der Waals surface area contributed by atoms with E-state index in [-0.39, 0.29) is 11.7 Å². The van der Waals surface area contributed by atoms with E-state index >= 15 is 0 Å². The third-order valence-corrected chi connectivity index (χ3v) is 3.87. The molecule has 1 fully saturated rings. The van der Waals surface area contributed by atoms with E-state index in [0.717, 1.165) is 25.9 Å². The molecule has 0 spiro atoms. The molecule has 0 radical (unpaired) electrons. The summed E-state index contributed by atoms with van der Waals surface area (Å²) in [7, 11) is 0. The molecule has 114 valence electrons. The van der Waals surface area contributed by atoms with E-state index < -0.39 is 0 Å². The molecule has 3 rings (SSSR count). The van der Waals surface area contributed by atoms with Crippen molar-refractivity contribution in [1.82, 2.24) is 4.98 Å². The number of rotatable bonds is 3. The number of nitrogens with one attached hydrogen (secondary N) is 1. The van der Waals surface area contributed by atoms with Gasteiger partial charge in [-0.3, -0.25) is 4.79 Å². The summed E-state index contributed by atoms with van der Waals surface area (Å²) in [6, 6.07) is 8.17. The van der Waals surface area contributed by atoms with Crippen molar-refractivity contribution in [2.75, 3.05) is 23.3 Å². The van der Waals surface area contributed by atoms with E-state index in [1.807, 2.05) is 0 Å². The topological polar surface area (TPSA) is 45.2 Å². The number of carbonyl (C=O) groups is 1. The summed E-state index contributed by atoms with van der Waals surface area (Å²) in [5.41, 5.74) is 1.52. The number of aromatic nitrogens is 1. The van der Waals surface area contributed by atoms with Crippen LogP contribution in [0.5, 0.6) is 0 Å². The van der Waals surface area contributed by atoms with Gasteiger partial charge in [-0.05, 0) is 49.6 Å². The van der Waals surface area contributed by atoms with Crippen LogP contribution in [0, 0.1) is 12.7 Å². The van der Waals surface area contributed by atoms with Gasteiger partial charge in [0.2, 0.25) is 0 Å². The molecule has 1 aromatic carbocycles. The van der Waals surface area contributed by atoms with Gasteiger partial charge in [-0.2, -0.15) is 0 Å². The van der Waals surface area contributed by atoms with Gasteiger partial charge in [-0.1, -0.05) is 6.07 Å². The van der Waals surface area contributed by atoms with Crippen molar-refractivity contribution in [3.05, 3.63) is 53.5 Å². The van der Waals surface area contributed by atoms with Crippen LogP contribution in [0.15, 0.2) is 36.5 Å². The first-order valence-corrected chi connectivity index (χ1v) is 7.42. The van der Waals surface area contributed by atoms with Gasteiger partial charge in [-0.15, -0.1) is 0 Å². The molecule has 22 heavy (non-hydrogen) atoms. The number of halogens is 1. The van der Waals surface area contributed by atoms with Gasteiger partial charge in [0, 0.05) is 25.0 Å². The highest BCUT2D eigenvalue weighted by Crippen LogP contribution is 2.23. The fourth-order valence-electron chi connectivity index (χ4n) is 2.62. The van der Waals surface area contributed by atoms with E-state index in [1.165, 1.54) is 6.07 Å². The number of hydrogen-bond donors (Lipinski definition) is 1. The van der Waals surface area contributed by atoms with Gasteiger partial charge in [0.1, 0.15) is 11.6 Å². The molecule has 0 atom stereocenters. The predicted octanol–water partition coefficient (Wildman–Crippen LogP) is 3.38. The van der Waals surface area contributed by atoms with Crippen LogP contribution in [0.1, 0.15) is 28.8 Å². The molecule has 2 aromatic rings. The van der Waals surface area contributed by atoms with Crippen molar-refractivity contribution in [2.24, 2.45) is 0 Å². The molecular formula is C17H18FN3O. The van der Waals surface area contributed by atoms with Gasteiger partial charge in [0.15, 0.2) is 0 Å². The van der Waals surface area contributed by atoms with Crippen molar-refractivity contribution in [3.8, 4) is 0 Å². The first-order valence-electron chi connectivity index (χ1n) is 7.42. The molecule has 0 saturated carbocycles. The minimum absolute atomic E-state index is 0.266. The zero-order valence-corrected chi connectivity index (χ0v) is 12.5. The monoisotopic (exact) mass is 299 g/mol. The molecule has 1 saturated heterocycles. The summed E-state index contributed by atoms with van der Waals surface area (Å²) in [5.74, 6) is 0.104. The highest BCUT2D eigenvalue weighted by molar-refractivity contribution is 6.07. The number of aryl methyl sites for hydroxylation is 1.